The normalized spacial score (nSPS) is 51.4. The van der Waals surface area contributed by atoms with Crippen molar-refractivity contribution in [3.63, 3.8) is 0 Å². The van der Waals surface area contributed by atoms with Crippen LogP contribution in [0, 0.1) is 45.3 Å². The second-order valence-corrected chi connectivity index (χ2v) is 13.0. The lowest BCUT2D eigenvalue weighted by atomic mass is 9.64. The molecule has 6 aliphatic carbocycles. The molecule has 4 unspecified atom stereocenters. The number of allylic oxidation sites excluding steroid dienone is 2. The second-order valence-electron chi connectivity index (χ2n) is 13.0. The van der Waals surface area contributed by atoms with Crippen LogP contribution >= 0.6 is 0 Å². The minimum absolute atomic E-state index is 0.00954. The maximum atomic E-state index is 11.3. The number of hydrogen-bond donors (Lipinski definition) is 0. The van der Waals surface area contributed by atoms with Gasteiger partial charge in [-0.25, -0.2) is 0 Å². The van der Waals surface area contributed by atoms with Gasteiger partial charge < -0.3 is 9.47 Å². The fourth-order valence-corrected chi connectivity index (χ4v) is 9.94. The summed E-state index contributed by atoms with van der Waals surface area (Å²) in [7, 11) is 0. The summed E-state index contributed by atoms with van der Waals surface area (Å²) in [6.07, 6.45) is 19.3. The van der Waals surface area contributed by atoms with E-state index in [0.717, 1.165) is 23.7 Å². The Kier molecular flexibility index (Phi) is 5.65. The zero-order valence-electron chi connectivity index (χ0n) is 22.1. The highest BCUT2D eigenvalue weighted by Gasteiger charge is 2.67. The molecule has 0 heterocycles. The molecule has 0 radical (unpaired) electrons. The first-order valence-electron chi connectivity index (χ1n) is 13.7. The van der Waals surface area contributed by atoms with Crippen LogP contribution in [0.2, 0.25) is 0 Å². The lowest BCUT2D eigenvalue weighted by molar-refractivity contribution is -0.153. The summed E-state index contributed by atoms with van der Waals surface area (Å²) in [5, 5.41) is 0. The first kappa shape index (κ1) is 24.1. The molecule has 34 heavy (non-hydrogen) atoms. The molecule has 0 amide bonds. The number of hydrogen-bond acceptors (Lipinski definition) is 4. The van der Waals surface area contributed by atoms with Crippen LogP contribution in [-0.2, 0) is 19.1 Å². The summed E-state index contributed by atoms with van der Waals surface area (Å²) < 4.78 is 11.2. The Labute approximate surface area is 205 Å². The van der Waals surface area contributed by atoms with E-state index < -0.39 is 0 Å². The van der Waals surface area contributed by atoms with Crippen molar-refractivity contribution in [3.8, 4) is 0 Å². The van der Waals surface area contributed by atoms with E-state index in [9.17, 15) is 9.59 Å². The molecule has 0 aliphatic heterocycles. The monoisotopic (exact) mass is 468 g/mol. The molecule has 0 aromatic heterocycles. The largest absolute Gasteiger partial charge is 0.458 e. The van der Waals surface area contributed by atoms with Gasteiger partial charge in [0.15, 0.2) is 0 Å². The van der Waals surface area contributed by atoms with E-state index in [1.165, 1.54) is 65.2 Å². The molecule has 0 aromatic rings. The number of carbonyl (C=O) groups excluding carboxylic acids is 2. The van der Waals surface area contributed by atoms with Crippen molar-refractivity contribution in [1.29, 1.82) is 0 Å². The number of rotatable bonds is 2. The van der Waals surface area contributed by atoms with Crippen molar-refractivity contribution >= 4 is 11.9 Å². The smallest absolute Gasteiger partial charge is 0.303 e. The molecule has 4 heteroatoms. The van der Waals surface area contributed by atoms with Crippen LogP contribution in [0.5, 0.6) is 0 Å². The molecule has 6 aliphatic rings. The van der Waals surface area contributed by atoms with Crippen LogP contribution in [0.4, 0.5) is 0 Å². The van der Waals surface area contributed by atoms with E-state index >= 15 is 0 Å². The van der Waals surface area contributed by atoms with Gasteiger partial charge in [0.25, 0.3) is 0 Å². The van der Waals surface area contributed by atoms with Crippen molar-refractivity contribution in [2.75, 3.05) is 0 Å². The van der Waals surface area contributed by atoms with Gasteiger partial charge in [-0.2, -0.15) is 0 Å². The van der Waals surface area contributed by atoms with Crippen molar-refractivity contribution in [1.82, 2.24) is 0 Å². The molecule has 188 valence electrons. The first-order valence-corrected chi connectivity index (χ1v) is 13.7. The van der Waals surface area contributed by atoms with Crippen LogP contribution in [-0.4, -0.2) is 24.1 Å². The van der Waals surface area contributed by atoms with E-state index in [1.54, 1.807) is 0 Å². The Morgan fingerprint density at radius 3 is 2.03 bits per heavy atom. The Hall–Kier alpha value is -1.58. The van der Waals surface area contributed by atoms with Crippen LogP contribution in [0.15, 0.2) is 24.3 Å². The Morgan fingerprint density at radius 1 is 0.735 bits per heavy atom. The number of ether oxygens (including phenoxy) is 2. The lowest BCUT2D eigenvalue weighted by Crippen LogP contribution is -2.43. The highest BCUT2D eigenvalue weighted by atomic mass is 16.5. The third kappa shape index (κ3) is 3.08. The van der Waals surface area contributed by atoms with E-state index in [-0.39, 0.29) is 40.4 Å². The fraction of sp³-hybridized carbons (Fsp3) is 0.800. The van der Waals surface area contributed by atoms with Gasteiger partial charge in [0.2, 0.25) is 0 Å². The maximum Gasteiger partial charge on any atom is 0.303 e. The topological polar surface area (TPSA) is 52.6 Å². The predicted octanol–water partition coefficient (Wildman–Crippen LogP) is 6.64. The summed E-state index contributed by atoms with van der Waals surface area (Å²) in [6.45, 7) is 12.5. The average molecular weight is 469 g/mol. The van der Waals surface area contributed by atoms with Gasteiger partial charge >= 0.3 is 11.9 Å². The summed E-state index contributed by atoms with van der Waals surface area (Å²) in [6, 6.07) is 0. The van der Waals surface area contributed by atoms with Crippen LogP contribution in [0.25, 0.3) is 0 Å². The van der Waals surface area contributed by atoms with Gasteiger partial charge in [0.1, 0.15) is 12.2 Å². The highest BCUT2D eigenvalue weighted by molar-refractivity contribution is 5.67. The molecule has 4 fully saturated rings. The summed E-state index contributed by atoms with van der Waals surface area (Å²) in [5.41, 5.74) is 0.973. The Balaban J connectivity index is 0.000000142. The van der Waals surface area contributed by atoms with Crippen molar-refractivity contribution in [2.24, 2.45) is 45.3 Å². The molecule has 0 bridgehead atoms. The molecular weight excluding hydrogens is 424 g/mol. The number of carbonyl (C=O) groups is 2. The highest BCUT2D eigenvalue weighted by Crippen LogP contribution is 2.71. The van der Waals surface area contributed by atoms with E-state index in [4.69, 9.17) is 9.47 Å². The molecule has 4 saturated carbocycles. The molecule has 0 aromatic carbocycles. The van der Waals surface area contributed by atoms with Crippen molar-refractivity contribution in [2.45, 2.75) is 105 Å². The summed E-state index contributed by atoms with van der Waals surface area (Å²) in [4.78, 5) is 22.5. The third-order valence-electron chi connectivity index (χ3n) is 11.7. The zero-order valence-corrected chi connectivity index (χ0v) is 22.1. The Bertz CT molecular complexity index is 921. The molecule has 0 N–H and O–H groups in total. The predicted molar refractivity (Wildman–Crippen MR) is 133 cm³/mol. The molecule has 10 atom stereocenters. The van der Waals surface area contributed by atoms with Gasteiger partial charge in [-0.3, -0.25) is 9.59 Å². The minimum atomic E-state index is -0.146. The van der Waals surface area contributed by atoms with Gasteiger partial charge in [0.05, 0.1) is 0 Å². The minimum Gasteiger partial charge on any atom is -0.458 e. The standard InChI is InChI=1S/2C15H22O2/c1-10-4-9-15-12(10)5-7-14(15,3)8-6-13(15)17-11(2)16;1-10-4-8-15-9-6-13(17-11(2)16)14(15,3)7-5-12(10)15/h6,8,10,12-13H,4-5,7,9H2,1-3H3;6,9-10,12-13H,4-5,7-8H2,1-3H3/t2*10-,12+,13?,14+,15?/m11/s1. The van der Waals surface area contributed by atoms with Gasteiger partial charge in [-0.05, 0) is 92.6 Å². The molecule has 2 spiro atoms. The van der Waals surface area contributed by atoms with Crippen molar-refractivity contribution in [3.05, 3.63) is 24.3 Å². The molecular formula is C30H44O4. The van der Waals surface area contributed by atoms with E-state index in [0.29, 0.717) is 5.41 Å². The van der Waals surface area contributed by atoms with Gasteiger partial charge in [0, 0.05) is 30.1 Å². The molecule has 0 saturated heterocycles. The maximum absolute atomic E-state index is 11.3. The molecule has 4 nitrogen and oxygen atoms in total. The van der Waals surface area contributed by atoms with Crippen LogP contribution < -0.4 is 0 Å². The summed E-state index contributed by atoms with van der Waals surface area (Å²) in [5.74, 6) is 2.89. The second kappa shape index (κ2) is 7.96. The van der Waals surface area contributed by atoms with E-state index in [2.05, 4.69) is 52.0 Å². The zero-order chi connectivity index (χ0) is 24.5. The van der Waals surface area contributed by atoms with Gasteiger partial charge in [-0.15, -0.1) is 0 Å². The Morgan fingerprint density at radius 2 is 1.32 bits per heavy atom. The lowest BCUT2D eigenvalue weighted by Gasteiger charge is -2.42. The van der Waals surface area contributed by atoms with E-state index in [1.807, 2.05) is 0 Å². The third-order valence-corrected chi connectivity index (χ3v) is 11.7. The van der Waals surface area contributed by atoms with Crippen molar-refractivity contribution < 1.29 is 19.1 Å². The van der Waals surface area contributed by atoms with Crippen LogP contribution in [0.3, 0.4) is 0 Å². The first-order chi connectivity index (χ1) is 16.0. The summed E-state index contributed by atoms with van der Waals surface area (Å²) >= 11 is 0. The average Bonchev–Trinajstić information content (AvgIpc) is 3.53. The van der Waals surface area contributed by atoms with Crippen LogP contribution in [0.1, 0.15) is 92.9 Å². The van der Waals surface area contributed by atoms with Gasteiger partial charge in [-0.1, -0.05) is 39.8 Å². The fourth-order valence-electron chi connectivity index (χ4n) is 9.94. The quantitative estimate of drug-likeness (QED) is 0.337. The molecule has 6 rings (SSSR count). The number of esters is 2. The SMILES string of the molecule is CC(=O)OC1C=CC23CC[C@@H](C)[C@@H]2CC[C@@]13C.CC(=O)OC1C=C[C@]2(C)CC[C@H]3[C@H](C)CCC132.